The quantitative estimate of drug-likeness (QED) is 0.765. The van der Waals surface area contributed by atoms with Crippen LogP contribution in [0.2, 0.25) is 0 Å². The number of methoxy groups -OCH3 is 1. The molecule has 1 N–H and O–H groups in total. The van der Waals surface area contributed by atoms with Crippen molar-refractivity contribution in [1.29, 1.82) is 0 Å². The average molecular weight is 333 g/mol. The van der Waals surface area contributed by atoms with Crippen molar-refractivity contribution in [2.24, 2.45) is 11.8 Å². The Morgan fingerprint density at radius 3 is 2.23 bits per heavy atom. The molecule has 2 unspecified atom stereocenters. The Bertz CT molecular complexity index is 523. The van der Waals surface area contributed by atoms with Crippen LogP contribution in [0, 0.1) is 11.8 Å². The number of carboxylic acid groups (broad SMARTS) is 1. The molecule has 1 saturated heterocycles. The number of carbonyl (C=O) groups is 2. The fraction of sp³-hybridized carbons (Fsp3) is 0.857. The van der Waals surface area contributed by atoms with Gasteiger partial charge in [0.25, 0.3) is 0 Å². The molecular weight excluding hydrogens is 310 g/mol. The van der Waals surface area contributed by atoms with Crippen LogP contribution in [0.25, 0.3) is 0 Å². The summed E-state index contributed by atoms with van der Waals surface area (Å²) in [5.41, 5.74) is 0. The Kier molecular flexibility index (Phi) is 5.44. The van der Waals surface area contributed by atoms with Gasteiger partial charge in [-0.05, 0) is 25.7 Å². The van der Waals surface area contributed by atoms with E-state index in [-0.39, 0.29) is 13.1 Å². The monoisotopic (exact) mass is 333 g/mol. The molecule has 1 aliphatic heterocycles. The van der Waals surface area contributed by atoms with E-state index in [1.807, 2.05) is 0 Å². The average Bonchev–Trinajstić information content (AvgIpc) is 2.54. The molecule has 1 heterocycles. The second-order valence-electron chi connectivity index (χ2n) is 6.01. The molecule has 126 valence electrons. The summed E-state index contributed by atoms with van der Waals surface area (Å²) in [5, 5.41) is 8.25. The van der Waals surface area contributed by atoms with E-state index < -0.39 is 39.0 Å². The fourth-order valence-corrected chi connectivity index (χ4v) is 5.65. The molecule has 1 aliphatic carbocycles. The number of carboxylic acids is 1. The molecule has 0 amide bonds. The van der Waals surface area contributed by atoms with Crippen molar-refractivity contribution in [1.82, 2.24) is 4.31 Å². The fourth-order valence-electron chi connectivity index (χ4n) is 3.42. The summed E-state index contributed by atoms with van der Waals surface area (Å²) >= 11 is 0. The minimum Gasteiger partial charge on any atom is -0.481 e. The minimum absolute atomic E-state index is 0.212. The molecule has 0 radical (unpaired) electrons. The smallest absolute Gasteiger partial charge is 0.310 e. The first kappa shape index (κ1) is 17.2. The molecule has 2 aliphatic rings. The third kappa shape index (κ3) is 3.43. The second kappa shape index (κ2) is 6.95. The molecule has 8 heteroatoms. The number of aliphatic carboxylic acids is 1. The molecule has 0 bridgehead atoms. The van der Waals surface area contributed by atoms with Crippen LogP contribution in [0.15, 0.2) is 0 Å². The lowest BCUT2D eigenvalue weighted by atomic mass is 9.89. The highest BCUT2D eigenvalue weighted by molar-refractivity contribution is 7.89. The van der Waals surface area contributed by atoms with Gasteiger partial charge in [-0.2, -0.15) is 0 Å². The highest BCUT2D eigenvalue weighted by Crippen LogP contribution is 2.33. The molecule has 1 saturated carbocycles. The normalized spacial score (nSPS) is 28.2. The Morgan fingerprint density at radius 2 is 1.68 bits per heavy atom. The Balaban J connectivity index is 2.11. The molecule has 2 atom stereocenters. The maximum Gasteiger partial charge on any atom is 0.310 e. The van der Waals surface area contributed by atoms with E-state index in [2.05, 4.69) is 0 Å². The number of piperidine rings is 1. The van der Waals surface area contributed by atoms with E-state index >= 15 is 0 Å². The van der Waals surface area contributed by atoms with Gasteiger partial charge in [0.15, 0.2) is 0 Å². The number of nitrogens with zero attached hydrogens (tertiary/aromatic N) is 1. The summed E-state index contributed by atoms with van der Waals surface area (Å²) in [7, 11) is -2.32. The van der Waals surface area contributed by atoms with E-state index in [4.69, 9.17) is 9.84 Å². The zero-order valence-electron chi connectivity index (χ0n) is 12.7. The summed E-state index contributed by atoms with van der Waals surface area (Å²) in [6.07, 6.45) is 3.24. The number of hydrogen-bond donors (Lipinski definition) is 1. The Labute approximate surface area is 130 Å². The van der Waals surface area contributed by atoms with Gasteiger partial charge < -0.3 is 9.84 Å². The van der Waals surface area contributed by atoms with Crippen LogP contribution in [-0.2, 0) is 24.3 Å². The first-order chi connectivity index (χ1) is 10.4. The van der Waals surface area contributed by atoms with Gasteiger partial charge in [-0.15, -0.1) is 0 Å². The molecule has 0 aromatic rings. The number of rotatable bonds is 4. The summed E-state index contributed by atoms with van der Waals surface area (Å²) in [5.74, 6) is -2.42. The first-order valence-corrected chi connectivity index (χ1v) is 9.18. The topological polar surface area (TPSA) is 101 Å². The third-order valence-electron chi connectivity index (χ3n) is 4.75. The molecule has 0 aromatic heterocycles. The van der Waals surface area contributed by atoms with Gasteiger partial charge in [0.2, 0.25) is 10.0 Å². The number of esters is 1. The van der Waals surface area contributed by atoms with Crippen molar-refractivity contribution in [3.63, 3.8) is 0 Å². The highest BCUT2D eigenvalue weighted by atomic mass is 32.2. The number of carbonyl (C=O) groups excluding carboxylic acids is 1. The zero-order chi connectivity index (χ0) is 16.3. The molecule has 0 spiro atoms. The Hall–Kier alpha value is -1.15. The van der Waals surface area contributed by atoms with E-state index in [0.717, 1.165) is 12.8 Å². The maximum absolute atomic E-state index is 12.8. The maximum atomic E-state index is 12.8. The van der Waals surface area contributed by atoms with E-state index in [0.29, 0.717) is 25.7 Å². The summed E-state index contributed by atoms with van der Waals surface area (Å²) in [6.45, 7) is 0.424. The van der Waals surface area contributed by atoms with Gasteiger partial charge in [-0.3, -0.25) is 9.59 Å². The lowest BCUT2D eigenvalue weighted by Gasteiger charge is -2.36. The lowest BCUT2D eigenvalue weighted by molar-refractivity contribution is -0.146. The van der Waals surface area contributed by atoms with Gasteiger partial charge in [0.05, 0.1) is 24.2 Å². The van der Waals surface area contributed by atoms with Crippen molar-refractivity contribution < 1.29 is 27.9 Å². The number of sulfonamides is 1. The van der Waals surface area contributed by atoms with Gasteiger partial charge in [-0.25, -0.2) is 12.7 Å². The van der Waals surface area contributed by atoms with Crippen LogP contribution >= 0.6 is 0 Å². The van der Waals surface area contributed by atoms with Crippen molar-refractivity contribution in [3.05, 3.63) is 0 Å². The van der Waals surface area contributed by atoms with E-state index in [1.165, 1.54) is 11.4 Å². The summed E-state index contributed by atoms with van der Waals surface area (Å²) in [4.78, 5) is 22.8. The molecule has 0 aromatic carbocycles. The van der Waals surface area contributed by atoms with Gasteiger partial charge in [0, 0.05) is 13.1 Å². The van der Waals surface area contributed by atoms with Crippen LogP contribution in [-0.4, -0.2) is 55.2 Å². The van der Waals surface area contributed by atoms with Crippen molar-refractivity contribution in [3.8, 4) is 0 Å². The summed E-state index contributed by atoms with van der Waals surface area (Å²) < 4.78 is 31.7. The zero-order valence-corrected chi connectivity index (χ0v) is 13.5. The molecule has 2 rings (SSSR count). The predicted octanol–water partition coefficient (Wildman–Crippen LogP) is 0.845. The van der Waals surface area contributed by atoms with Crippen LogP contribution in [0.4, 0.5) is 0 Å². The van der Waals surface area contributed by atoms with Gasteiger partial charge in [-0.1, -0.05) is 12.8 Å². The minimum atomic E-state index is -3.60. The summed E-state index contributed by atoms with van der Waals surface area (Å²) in [6, 6.07) is 0. The number of ether oxygens (including phenoxy) is 1. The predicted molar refractivity (Wildman–Crippen MR) is 78.6 cm³/mol. The third-order valence-corrected chi connectivity index (χ3v) is 7.17. The largest absolute Gasteiger partial charge is 0.481 e. The number of hydrogen-bond acceptors (Lipinski definition) is 5. The van der Waals surface area contributed by atoms with Crippen LogP contribution in [0.3, 0.4) is 0 Å². The highest BCUT2D eigenvalue weighted by Gasteiger charge is 2.44. The van der Waals surface area contributed by atoms with Crippen LogP contribution < -0.4 is 0 Å². The van der Waals surface area contributed by atoms with E-state index in [1.54, 1.807) is 0 Å². The standard InChI is InChI=1S/C14H23NO6S/c1-21-14(18)11-4-2-3-5-12(11)22(19,20)15-8-6-10(7-9-15)13(16)17/h10-12H,2-9H2,1H3,(H,16,17). The second-order valence-corrected chi connectivity index (χ2v) is 8.16. The molecule has 22 heavy (non-hydrogen) atoms. The van der Waals surface area contributed by atoms with Crippen LogP contribution in [0.1, 0.15) is 38.5 Å². The lowest BCUT2D eigenvalue weighted by Crippen LogP contribution is -2.49. The van der Waals surface area contributed by atoms with Crippen molar-refractivity contribution in [2.75, 3.05) is 20.2 Å². The molecular formula is C14H23NO6S. The van der Waals surface area contributed by atoms with E-state index in [9.17, 15) is 18.0 Å². The Morgan fingerprint density at radius 1 is 1.09 bits per heavy atom. The molecule has 7 nitrogen and oxygen atoms in total. The van der Waals surface area contributed by atoms with Gasteiger partial charge in [0.1, 0.15) is 0 Å². The van der Waals surface area contributed by atoms with Crippen LogP contribution in [0.5, 0.6) is 0 Å². The first-order valence-electron chi connectivity index (χ1n) is 7.67. The SMILES string of the molecule is COC(=O)C1CCCCC1S(=O)(=O)N1CCC(C(=O)O)CC1. The van der Waals surface area contributed by atoms with Crippen molar-refractivity contribution in [2.45, 2.75) is 43.8 Å². The van der Waals surface area contributed by atoms with Gasteiger partial charge >= 0.3 is 11.9 Å². The molecule has 2 fully saturated rings. The van der Waals surface area contributed by atoms with Crippen molar-refractivity contribution >= 4 is 22.0 Å².